The fourth-order valence-corrected chi connectivity index (χ4v) is 2.96. The van der Waals surface area contributed by atoms with Crippen LogP contribution in [0.1, 0.15) is 13.3 Å². The molecule has 0 radical (unpaired) electrons. The number of carbonyl (C=O) groups is 2. The van der Waals surface area contributed by atoms with Crippen LogP contribution in [0.25, 0.3) is 0 Å². The molecule has 1 unspecified atom stereocenters. The van der Waals surface area contributed by atoms with Crippen molar-refractivity contribution in [3.05, 3.63) is 0 Å². The molecule has 0 fully saturated rings. The van der Waals surface area contributed by atoms with Crippen LogP contribution >= 0.6 is 7.26 Å². The van der Waals surface area contributed by atoms with Gasteiger partial charge in [-0.15, -0.1) is 0 Å². The molecule has 0 spiro atoms. The first-order valence-corrected chi connectivity index (χ1v) is 9.11. The van der Waals surface area contributed by atoms with Crippen molar-refractivity contribution in [2.24, 2.45) is 0 Å². The Labute approximate surface area is 96.9 Å². The van der Waals surface area contributed by atoms with E-state index in [1.54, 1.807) is 6.92 Å². The molecule has 6 heteroatoms. The van der Waals surface area contributed by atoms with Crippen molar-refractivity contribution in [3.8, 4) is 0 Å². The molecule has 0 aromatic rings. The van der Waals surface area contributed by atoms with Crippen LogP contribution in [-0.4, -0.2) is 56.0 Å². The van der Waals surface area contributed by atoms with Gasteiger partial charge < -0.3 is 0 Å². The summed E-state index contributed by atoms with van der Waals surface area (Å²) in [4.78, 5) is 21.8. The third-order valence-electron chi connectivity index (χ3n) is 1.84. The molecule has 0 aromatic carbocycles. The number of aliphatic carboxylic acids is 1. The van der Waals surface area contributed by atoms with E-state index < -0.39 is 25.4 Å². The van der Waals surface area contributed by atoms with Crippen LogP contribution in [0.2, 0.25) is 0 Å². The van der Waals surface area contributed by atoms with E-state index in [9.17, 15) is 9.59 Å². The SMILES string of the molecule is CCNC(=O)OC(CC(=O)O)C[PH](C)(C)C. The number of ether oxygens (including phenoxy) is 1. The molecular weight excluding hydrogens is 229 g/mol. The van der Waals surface area contributed by atoms with Crippen molar-refractivity contribution in [2.75, 3.05) is 32.7 Å². The Bertz CT molecular complexity index is 250. The maximum atomic E-state index is 11.2. The van der Waals surface area contributed by atoms with E-state index in [4.69, 9.17) is 9.84 Å². The fourth-order valence-electron chi connectivity index (χ4n) is 1.37. The Kier molecular flexibility index (Phi) is 6.34. The first-order chi connectivity index (χ1) is 7.24. The molecule has 96 valence electrons. The molecule has 0 aromatic heterocycles. The van der Waals surface area contributed by atoms with Crippen molar-refractivity contribution in [3.63, 3.8) is 0 Å². The van der Waals surface area contributed by atoms with Crippen molar-refractivity contribution < 1.29 is 19.4 Å². The first-order valence-electron chi connectivity index (χ1n) is 5.41. The average molecular weight is 251 g/mol. The van der Waals surface area contributed by atoms with Gasteiger partial charge in [0.25, 0.3) is 0 Å². The molecule has 0 saturated carbocycles. The van der Waals surface area contributed by atoms with Crippen molar-refractivity contribution >= 4 is 19.3 Å². The van der Waals surface area contributed by atoms with Crippen LogP contribution in [0.15, 0.2) is 0 Å². The summed E-state index contributed by atoms with van der Waals surface area (Å²) in [5, 5.41) is 11.2. The first kappa shape index (κ1) is 15.2. The predicted octanol–water partition coefficient (Wildman–Crippen LogP) is 1.22. The van der Waals surface area contributed by atoms with Crippen LogP contribution in [0, 0.1) is 0 Å². The summed E-state index contributed by atoms with van der Waals surface area (Å²) in [7, 11) is -1.45. The van der Waals surface area contributed by atoms with Gasteiger partial charge in [0.05, 0.1) is 0 Å². The standard InChI is InChI=1S/C10H22NO4P/c1-5-11-10(14)15-8(6-9(12)13)7-16(2,3)4/h8,16H,5-7H2,1-4H3,(H,11,14)(H,12,13). The van der Waals surface area contributed by atoms with Gasteiger partial charge >= 0.3 is 96.2 Å². The number of hydrogen-bond donors (Lipinski definition) is 2. The Morgan fingerprint density at radius 1 is 1.38 bits per heavy atom. The van der Waals surface area contributed by atoms with Crippen LogP contribution in [0.3, 0.4) is 0 Å². The molecule has 0 bridgehead atoms. The zero-order valence-electron chi connectivity index (χ0n) is 10.4. The van der Waals surface area contributed by atoms with Crippen molar-refractivity contribution in [1.29, 1.82) is 0 Å². The van der Waals surface area contributed by atoms with Gasteiger partial charge in [0.1, 0.15) is 0 Å². The number of hydrogen-bond acceptors (Lipinski definition) is 3. The third kappa shape index (κ3) is 8.48. The monoisotopic (exact) mass is 251 g/mol. The number of rotatable bonds is 6. The quantitative estimate of drug-likeness (QED) is 0.696. The van der Waals surface area contributed by atoms with Crippen molar-refractivity contribution in [2.45, 2.75) is 19.4 Å². The van der Waals surface area contributed by atoms with E-state index >= 15 is 0 Å². The minimum absolute atomic E-state index is 0.124. The second kappa shape index (κ2) is 6.69. The summed E-state index contributed by atoms with van der Waals surface area (Å²) in [5.41, 5.74) is 0. The Morgan fingerprint density at radius 2 is 1.94 bits per heavy atom. The number of nitrogens with one attached hydrogen (secondary N) is 1. The molecule has 5 nitrogen and oxygen atoms in total. The van der Waals surface area contributed by atoms with Crippen LogP contribution in [-0.2, 0) is 9.53 Å². The van der Waals surface area contributed by atoms with Gasteiger partial charge in [0, 0.05) is 0 Å². The van der Waals surface area contributed by atoms with Gasteiger partial charge in [-0.2, -0.15) is 0 Å². The summed E-state index contributed by atoms with van der Waals surface area (Å²) in [6.45, 7) is 8.60. The number of carboxylic acids is 1. The fraction of sp³-hybridized carbons (Fsp3) is 0.800. The number of alkyl carbamates (subject to hydrolysis) is 1. The van der Waals surface area contributed by atoms with E-state index in [1.165, 1.54) is 0 Å². The normalized spacial score (nSPS) is 14.0. The summed E-state index contributed by atoms with van der Waals surface area (Å²) in [6, 6.07) is 0. The second-order valence-electron chi connectivity index (χ2n) is 4.92. The van der Waals surface area contributed by atoms with Crippen LogP contribution < -0.4 is 5.32 Å². The molecule has 0 rings (SSSR count). The van der Waals surface area contributed by atoms with Crippen LogP contribution in [0.5, 0.6) is 0 Å². The molecule has 0 heterocycles. The van der Waals surface area contributed by atoms with E-state index in [-0.39, 0.29) is 6.42 Å². The molecule has 0 aliphatic heterocycles. The molecular formula is C10H22NO4P. The number of carbonyl (C=O) groups excluding carboxylic acids is 1. The molecule has 1 atom stereocenters. The zero-order valence-corrected chi connectivity index (χ0v) is 11.4. The van der Waals surface area contributed by atoms with Gasteiger partial charge in [0.15, 0.2) is 0 Å². The van der Waals surface area contributed by atoms with E-state index in [0.29, 0.717) is 12.7 Å². The predicted molar refractivity (Wildman–Crippen MR) is 67.2 cm³/mol. The molecule has 1 amide bonds. The molecule has 0 aliphatic rings. The Morgan fingerprint density at radius 3 is 2.31 bits per heavy atom. The van der Waals surface area contributed by atoms with Gasteiger partial charge in [-0.3, -0.25) is 0 Å². The summed E-state index contributed by atoms with van der Waals surface area (Å²) >= 11 is 0. The average Bonchev–Trinajstić information content (AvgIpc) is 1.98. The number of carboxylic acid groups (broad SMARTS) is 1. The Hall–Kier alpha value is -0.830. The summed E-state index contributed by atoms with van der Waals surface area (Å²) in [6.07, 6.45) is -0.514. The van der Waals surface area contributed by atoms with Crippen LogP contribution in [0.4, 0.5) is 4.79 Å². The van der Waals surface area contributed by atoms with Crippen molar-refractivity contribution in [1.82, 2.24) is 5.32 Å². The molecule has 16 heavy (non-hydrogen) atoms. The van der Waals surface area contributed by atoms with E-state index in [2.05, 4.69) is 25.3 Å². The molecule has 0 saturated heterocycles. The van der Waals surface area contributed by atoms with E-state index in [1.807, 2.05) is 0 Å². The topological polar surface area (TPSA) is 75.6 Å². The minimum atomic E-state index is -1.45. The Balaban J connectivity index is 4.31. The maximum absolute atomic E-state index is 11.2. The summed E-state index contributed by atoms with van der Waals surface area (Å²) in [5.74, 6) is -0.937. The zero-order chi connectivity index (χ0) is 12.8. The van der Waals surface area contributed by atoms with Gasteiger partial charge in [-0.25, -0.2) is 0 Å². The van der Waals surface area contributed by atoms with Gasteiger partial charge in [-0.1, -0.05) is 0 Å². The molecule has 0 aliphatic carbocycles. The number of amides is 1. The summed E-state index contributed by atoms with van der Waals surface area (Å²) < 4.78 is 5.08. The third-order valence-corrected chi connectivity index (χ3v) is 3.52. The van der Waals surface area contributed by atoms with E-state index in [0.717, 1.165) is 0 Å². The van der Waals surface area contributed by atoms with Gasteiger partial charge in [0.2, 0.25) is 0 Å². The molecule has 2 N–H and O–H groups in total. The second-order valence-corrected chi connectivity index (χ2v) is 10.4. The van der Waals surface area contributed by atoms with Gasteiger partial charge in [-0.05, 0) is 0 Å².